The summed E-state index contributed by atoms with van der Waals surface area (Å²) in [4.78, 5) is 22.2. The van der Waals surface area contributed by atoms with Crippen LogP contribution in [0.2, 0.25) is 0 Å². The third-order valence-corrected chi connectivity index (χ3v) is 3.77. The average Bonchev–Trinajstić information content (AvgIpc) is 2.94. The Kier molecular flexibility index (Phi) is 3.55. The van der Waals surface area contributed by atoms with Crippen LogP contribution in [0.3, 0.4) is 0 Å². The lowest BCUT2D eigenvalue weighted by Gasteiger charge is -2.30. The Morgan fingerprint density at radius 3 is 2.71 bits per heavy atom. The van der Waals surface area contributed by atoms with Crippen molar-refractivity contribution in [3.8, 4) is 5.82 Å². The fourth-order valence-corrected chi connectivity index (χ4v) is 2.53. The Morgan fingerprint density at radius 2 is 2.10 bits per heavy atom. The van der Waals surface area contributed by atoms with E-state index in [0.717, 1.165) is 37.4 Å². The van der Waals surface area contributed by atoms with Crippen molar-refractivity contribution in [3.63, 3.8) is 0 Å². The summed E-state index contributed by atoms with van der Waals surface area (Å²) in [6.45, 7) is 3.43. The van der Waals surface area contributed by atoms with Gasteiger partial charge in [0.05, 0.1) is 5.69 Å². The maximum absolute atomic E-state index is 11.2. The zero-order valence-corrected chi connectivity index (χ0v) is 11.9. The summed E-state index contributed by atoms with van der Waals surface area (Å²) in [5, 5.41) is 4.35. The second-order valence-corrected chi connectivity index (χ2v) is 5.28. The number of carbonyl (C=O) groups excluding carboxylic acids is 1. The third kappa shape index (κ3) is 2.86. The molecule has 3 heterocycles. The van der Waals surface area contributed by atoms with Crippen LogP contribution >= 0.6 is 0 Å². The first-order valence-corrected chi connectivity index (χ1v) is 7.03. The summed E-state index contributed by atoms with van der Waals surface area (Å²) in [7, 11) is 0. The molecule has 0 spiro atoms. The Labute approximate surface area is 122 Å². The molecule has 0 bridgehead atoms. The van der Waals surface area contributed by atoms with Crippen LogP contribution in [0, 0.1) is 12.8 Å². The van der Waals surface area contributed by atoms with Gasteiger partial charge in [-0.1, -0.05) is 0 Å². The number of aromatic nitrogens is 4. The number of aryl methyl sites for hydroxylation is 1. The van der Waals surface area contributed by atoms with E-state index in [0.29, 0.717) is 5.95 Å². The van der Waals surface area contributed by atoms with Gasteiger partial charge in [0, 0.05) is 37.5 Å². The predicted octanol–water partition coefficient (Wildman–Crippen LogP) is 0.672. The number of amides is 1. The van der Waals surface area contributed by atoms with Gasteiger partial charge in [0.1, 0.15) is 0 Å². The topological polar surface area (TPSA) is 89.9 Å². The highest BCUT2D eigenvalue weighted by Crippen LogP contribution is 2.20. The predicted molar refractivity (Wildman–Crippen MR) is 78.0 cm³/mol. The van der Waals surface area contributed by atoms with Crippen LogP contribution in [-0.2, 0) is 4.79 Å². The maximum Gasteiger partial charge on any atom is 0.227 e. The lowest BCUT2D eigenvalue weighted by Crippen LogP contribution is -2.39. The third-order valence-electron chi connectivity index (χ3n) is 3.77. The van der Waals surface area contributed by atoms with Crippen LogP contribution in [0.5, 0.6) is 0 Å². The van der Waals surface area contributed by atoms with Gasteiger partial charge >= 0.3 is 0 Å². The van der Waals surface area contributed by atoms with Crippen molar-refractivity contribution in [3.05, 3.63) is 30.2 Å². The lowest BCUT2D eigenvalue weighted by molar-refractivity contribution is -0.122. The summed E-state index contributed by atoms with van der Waals surface area (Å²) in [6.07, 6.45) is 5.11. The maximum atomic E-state index is 11.2. The number of hydrogen-bond donors (Lipinski definition) is 1. The number of nitrogens with two attached hydrogens (primary N) is 1. The van der Waals surface area contributed by atoms with Crippen LogP contribution in [-0.4, -0.2) is 38.7 Å². The van der Waals surface area contributed by atoms with Crippen molar-refractivity contribution in [2.45, 2.75) is 19.8 Å². The number of rotatable bonds is 3. The number of piperidine rings is 1. The fraction of sp³-hybridized carbons (Fsp3) is 0.429. The zero-order valence-electron chi connectivity index (χ0n) is 11.9. The zero-order chi connectivity index (χ0) is 14.8. The number of anilines is 1. The normalized spacial score (nSPS) is 16.1. The summed E-state index contributed by atoms with van der Waals surface area (Å²) < 4.78 is 1.73. The second kappa shape index (κ2) is 5.51. The molecule has 1 fully saturated rings. The van der Waals surface area contributed by atoms with E-state index < -0.39 is 0 Å². The van der Waals surface area contributed by atoms with Gasteiger partial charge in [0.2, 0.25) is 11.9 Å². The molecule has 3 rings (SSSR count). The molecule has 0 aliphatic carbocycles. The fourth-order valence-electron chi connectivity index (χ4n) is 2.53. The summed E-state index contributed by atoms with van der Waals surface area (Å²) in [6, 6.07) is 3.76. The van der Waals surface area contributed by atoms with Crippen molar-refractivity contribution >= 4 is 11.9 Å². The molecule has 1 saturated heterocycles. The first-order valence-electron chi connectivity index (χ1n) is 7.03. The molecule has 2 N–H and O–H groups in total. The van der Waals surface area contributed by atoms with Gasteiger partial charge in [0.25, 0.3) is 0 Å². The minimum atomic E-state index is -0.212. The first kappa shape index (κ1) is 13.5. The van der Waals surface area contributed by atoms with Gasteiger partial charge in [-0.15, -0.1) is 0 Å². The van der Waals surface area contributed by atoms with E-state index in [2.05, 4.69) is 20.0 Å². The van der Waals surface area contributed by atoms with Gasteiger partial charge in [-0.3, -0.25) is 4.79 Å². The van der Waals surface area contributed by atoms with Gasteiger partial charge < -0.3 is 10.6 Å². The molecule has 7 heteroatoms. The van der Waals surface area contributed by atoms with E-state index in [1.807, 2.05) is 25.3 Å². The van der Waals surface area contributed by atoms with Crippen LogP contribution in [0.4, 0.5) is 5.95 Å². The van der Waals surface area contributed by atoms with Crippen molar-refractivity contribution in [1.82, 2.24) is 19.7 Å². The number of hydrogen-bond acceptors (Lipinski definition) is 5. The lowest BCUT2D eigenvalue weighted by atomic mass is 9.96. The molecular weight excluding hydrogens is 268 g/mol. The SMILES string of the molecule is Cc1ccn(-c2ccnc(N3CCC(C(N)=O)CC3)n2)n1. The highest BCUT2D eigenvalue weighted by molar-refractivity contribution is 5.76. The number of carbonyl (C=O) groups is 1. The molecule has 0 aromatic carbocycles. The van der Waals surface area contributed by atoms with Crippen LogP contribution < -0.4 is 10.6 Å². The van der Waals surface area contributed by atoms with Crippen LogP contribution in [0.15, 0.2) is 24.5 Å². The van der Waals surface area contributed by atoms with Crippen molar-refractivity contribution in [2.75, 3.05) is 18.0 Å². The van der Waals surface area contributed by atoms with E-state index in [1.165, 1.54) is 0 Å². The number of nitrogens with zero attached hydrogens (tertiary/aromatic N) is 5. The van der Waals surface area contributed by atoms with Gasteiger partial charge in [0.15, 0.2) is 5.82 Å². The molecular formula is C14H18N6O. The minimum Gasteiger partial charge on any atom is -0.369 e. The monoisotopic (exact) mass is 286 g/mol. The van der Waals surface area contributed by atoms with E-state index >= 15 is 0 Å². The van der Waals surface area contributed by atoms with E-state index in [-0.39, 0.29) is 11.8 Å². The van der Waals surface area contributed by atoms with E-state index in [4.69, 9.17) is 5.73 Å². The quantitative estimate of drug-likeness (QED) is 0.895. The Bertz CT molecular complexity index is 644. The molecule has 1 aliphatic heterocycles. The molecule has 0 radical (unpaired) electrons. The minimum absolute atomic E-state index is 0.0294. The van der Waals surface area contributed by atoms with Gasteiger partial charge in [-0.2, -0.15) is 10.1 Å². The molecule has 0 unspecified atom stereocenters. The highest BCUT2D eigenvalue weighted by atomic mass is 16.1. The first-order chi connectivity index (χ1) is 10.1. The molecule has 21 heavy (non-hydrogen) atoms. The largest absolute Gasteiger partial charge is 0.369 e. The Hall–Kier alpha value is -2.44. The highest BCUT2D eigenvalue weighted by Gasteiger charge is 2.24. The van der Waals surface area contributed by atoms with Crippen molar-refractivity contribution in [1.29, 1.82) is 0 Å². The Balaban J connectivity index is 1.76. The van der Waals surface area contributed by atoms with Crippen molar-refractivity contribution in [2.24, 2.45) is 11.7 Å². The van der Waals surface area contributed by atoms with Gasteiger partial charge in [-0.05, 0) is 25.8 Å². The van der Waals surface area contributed by atoms with Crippen LogP contribution in [0.25, 0.3) is 5.82 Å². The molecule has 110 valence electrons. The molecule has 2 aromatic heterocycles. The molecule has 1 aliphatic rings. The van der Waals surface area contributed by atoms with E-state index in [1.54, 1.807) is 10.9 Å². The number of primary amides is 1. The molecule has 0 saturated carbocycles. The molecule has 7 nitrogen and oxygen atoms in total. The molecule has 2 aromatic rings. The second-order valence-electron chi connectivity index (χ2n) is 5.28. The average molecular weight is 286 g/mol. The van der Waals surface area contributed by atoms with E-state index in [9.17, 15) is 4.79 Å². The van der Waals surface area contributed by atoms with Crippen molar-refractivity contribution < 1.29 is 4.79 Å². The van der Waals surface area contributed by atoms with Gasteiger partial charge in [-0.25, -0.2) is 9.67 Å². The smallest absolute Gasteiger partial charge is 0.227 e. The molecule has 1 amide bonds. The summed E-state index contributed by atoms with van der Waals surface area (Å²) in [5.41, 5.74) is 6.30. The standard InChI is InChI=1S/C14H18N6O/c1-10-3-9-20(18-10)12-2-6-16-14(17-12)19-7-4-11(5-8-19)13(15)21/h2-3,6,9,11H,4-5,7-8H2,1H3,(H2,15,21). The summed E-state index contributed by atoms with van der Waals surface area (Å²) in [5.74, 6) is 1.17. The Morgan fingerprint density at radius 1 is 1.33 bits per heavy atom. The van der Waals surface area contributed by atoms with Crippen LogP contribution in [0.1, 0.15) is 18.5 Å². The summed E-state index contributed by atoms with van der Waals surface area (Å²) >= 11 is 0. The molecule has 0 atom stereocenters.